The topological polar surface area (TPSA) is 31.4 Å². The average Bonchev–Trinajstić information content (AvgIpc) is 3.18. The fourth-order valence-corrected chi connectivity index (χ4v) is 6.42. The molecule has 26 heavy (non-hydrogen) atoms. The normalized spacial score (nSPS) is 21.0. The van der Waals surface area contributed by atoms with Gasteiger partial charge in [0.05, 0.1) is 11.4 Å². The van der Waals surface area contributed by atoms with Crippen LogP contribution in [-0.2, 0) is 0 Å². The van der Waals surface area contributed by atoms with Crippen molar-refractivity contribution < 1.29 is 9.05 Å². The highest BCUT2D eigenvalue weighted by Crippen LogP contribution is 2.59. The molecule has 0 aliphatic carbocycles. The quantitative estimate of drug-likeness (QED) is 0.706. The molecule has 0 amide bonds. The second kappa shape index (κ2) is 7.21. The van der Waals surface area contributed by atoms with E-state index in [9.17, 15) is 0 Å². The Kier molecular flexibility index (Phi) is 4.94. The predicted molar refractivity (Wildman–Crippen MR) is 110 cm³/mol. The van der Waals surface area contributed by atoms with Gasteiger partial charge < -0.3 is 18.4 Å². The Morgan fingerprint density at radius 3 is 1.46 bits per heavy atom. The van der Waals surface area contributed by atoms with E-state index in [1.807, 2.05) is 12.1 Å². The molecular formula is C18H24N4O2P2. The summed E-state index contributed by atoms with van der Waals surface area (Å²) in [5, 5.41) is 0. The van der Waals surface area contributed by atoms with Gasteiger partial charge in [0.15, 0.2) is 11.5 Å². The van der Waals surface area contributed by atoms with Crippen LogP contribution < -0.4 is 18.4 Å². The number of benzene rings is 2. The molecule has 4 rings (SSSR count). The lowest BCUT2D eigenvalue weighted by atomic mass is 10.3. The zero-order chi connectivity index (χ0) is 18.3. The fraction of sp³-hybridized carbons (Fsp3) is 0.333. The minimum absolute atomic E-state index is 0.819. The lowest BCUT2D eigenvalue weighted by Gasteiger charge is -2.32. The Labute approximate surface area is 157 Å². The number of hydrogen-bond acceptors (Lipinski definition) is 6. The minimum Gasteiger partial charge on any atom is -0.438 e. The summed E-state index contributed by atoms with van der Waals surface area (Å²) in [6, 6.07) is 16.6. The summed E-state index contributed by atoms with van der Waals surface area (Å²) in [5.74, 6) is 1.94. The van der Waals surface area contributed by atoms with Crippen LogP contribution in [0.3, 0.4) is 0 Å². The van der Waals surface area contributed by atoms with Crippen molar-refractivity contribution in [3.05, 3.63) is 48.5 Å². The zero-order valence-corrected chi connectivity index (χ0v) is 17.3. The van der Waals surface area contributed by atoms with E-state index < -0.39 is 16.9 Å². The van der Waals surface area contributed by atoms with Crippen LogP contribution in [0, 0.1) is 0 Å². The fourth-order valence-electron chi connectivity index (χ4n) is 3.15. The number of nitrogens with zero attached hydrogens (tertiary/aromatic N) is 4. The van der Waals surface area contributed by atoms with Gasteiger partial charge in [-0.05, 0) is 52.5 Å². The standard InChI is InChI=1S/C18H24N4O2P2/c1-19(2)25-21(15-9-5-7-11-17(15)23-25)13-14-22-16-10-6-8-12-18(16)24-26(22)20(3)4/h5-12H,13-14H2,1-4H3. The van der Waals surface area contributed by atoms with Gasteiger partial charge >= 0.3 is 0 Å². The lowest BCUT2D eigenvalue weighted by molar-refractivity contribution is 0.539. The number of para-hydroxylation sites is 4. The van der Waals surface area contributed by atoms with E-state index in [1.165, 1.54) is 11.4 Å². The highest BCUT2D eigenvalue weighted by molar-refractivity contribution is 7.53. The Balaban J connectivity index is 1.57. The van der Waals surface area contributed by atoms with Crippen molar-refractivity contribution in [2.45, 2.75) is 0 Å². The maximum Gasteiger partial charge on any atom is 0.278 e. The van der Waals surface area contributed by atoms with Crippen LogP contribution in [0.1, 0.15) is 0 Å². The number of rotatable bonds is 5. The van der Waals surface area contributed by atoms with Gasteiger partial charge in [0.1, 0.15) is 0 Å². The molecule has 2 heterocycles. The molecule has 0 aromatic heterocycles. The van der Waals surface area contributed by atoms with Gasteiger partial charge in [-0.3, -0.25) is 0 Å². The van der Waals surface area contributed by atoms with Crippen LogP contribution >= 0.6 is 16.9 Å². The number of anilines is 2. The van der Waals surface area contributed by atoms with Crippen molar-refractivity contribution in [2.75, 3.05) is 50.6 Å². The molecule has 8 heteroatoms. The van der Waals surface area contributed by atoms with E-state index in [2.05, 4.69) is 83.3 Å². The Bertz CT molecular complexity index is 724. The molecular weight excluding hydrogens is 366 g/mol. The first-order valence-corrected chi connectivity index (χ1v) is 10.9. The Hall–Kier alpha value is -1.58. The Morgan fingerprint density at radius 2 is 1.08 bits per heavy atom. The first-order chi connectivity index (χ1) is 12.6. The van der Waals surface area contributed by atoms with E-state index in [0.717, 1.165) is 24.6 Å². The van der Waals surface area contributed by atoms with E-state index in [1.54, 1.807) is 0 Å². The van der Waals surface area contributed by atoms with E-state index in [0.29, 0.717) is 0 Å². The van der Waals surface area contributed by atoms with Gasteiger partial charge in [-0.25, -0.2) is 9.34 Å². The lowest BCUT2D eigenvalue weighted by Crippen LogP contribution is -2.32. The molecule has 2 aliphatic heterocycles. The monoisotopic (exact) mass is 390 g/mol. The van der Waals surface area contributed by atoms with E-state index in [4.69, 9.17) is 9.05 Å². The smallest absolute Gasteiger partial charge is 0.278 e. The van der Waals surface area contributed by atoms with E-state index >= 15 is 0 Å². The molecule has 138 valence electrons. The van der Waals surface area contributed by atoms with Crippen molar-refractivity contribution in [3.8, 4) is 11.5 Å². The van der Waals surface area contributed by atoms with Crippen LogP contribution in [0.5, 0.6) is 11.5 Å². The minimum atomic E-state index is -0.819. The van der Waals surface area contributed by atoms with Gasteiger partial charge in [0, 0.05) is 13.1 Å². The van der Waals surface area contributed by atoms with Crippen molar-refractivity contribution in [1.29, 1.82) is 0 Å². The molecule has 6 nitrogen and oxygen atoms in total. The van der Waals surface area contributed by atoms with Gasteiger partial charge in [0.2, 0.25) is 0 Å². The molecule has 2 aromatic rings. The predicted octanol–water partition coefficient (Wildman–Crippen LogP) is 4.36. The summed E-state index contributed by atoms with van der Waals surface area (Å²) >= 11 is 0. The summed E-state index contributed by atoms with van der Waals surface area (Å²) in [6.45, 7) is 1.76. The molecule has 2 unspecified atom stereocenters. The van der Waals surface area contributed by atoms with Gasteiger partial charge in [-0.2, -0.15) is 0 Å². The largest absolute Gasteiger partial charge is 0.438 e. The first kappa shape index (κ1) is 17.8. The highest BCUT2D eigenvalue weighted by atomic mass is 31.2. The third-order valence-corrected chi connectivity index (χ3v) is 8.01. The molecule has 0 bridgehead atoms. The molecule has 0 spiro atoms. The Morgan fingerprint density at radius 1 is 0.692 bits per heavy atom. The van der Waals surface area contributed by atoms with Gasteiger partial charge in [0.25, 0.3) is 16.9 Å². The number of hydrogen-bond donors (Lipinski definition) is 0. The molecule has 2 atom stereocenters. The molecule has 2 aliphatic rings. The molecule has 0 radical (unpaired) electrons. The highest BCUT2D eigenvalue weighted by Gasteiger charge is 2.37. The van der Waals surface area contributed by atoms with Crippen molar-refractivity contribution in [2.24, 2.45) is 0 Å². The summed E-state index contributed by atoms with van der Waals surface area (Å²) in [4.78, 5) is 0. The third kappa shape index (κ3) is 3.12. The van der Waals surface area contributed by atoms with Crippen molar-refractivity contribution >= 4 is 28.3 Å². The summed E-state index contributed by atoms with van der Waals surface area (Å²) in [6.07, 6.45) is 0. The SMILES string of the molecule is CN(C)P1Oc2ccccc2N1CCN1c2ccccc2OP1N(C)C. The summed E-state index contributed by atoms with van der Waals surface area (Å²) < 4.78 is 21.5. The van der Waals surface area contributed by atoms with Crippen LogP contribution in [0.4, 0.5) is 11.4 Å². The maximum absolute atomic E-state index is 6.20. The number of fused-ring (bicyclic) bond motifs is 2. The van der Waals surface area contributed by atoms with Crippen LogP contribution in [0.2, 0.25) is 0 Å². The van der Waals surface area contributed by atoms with Crippen LogP contribution in [-0.4, -0.2) is 50.6 Å². The molecule has 0 N–H and O–H groups in total. The van der Waals surface area contributed by atoms with Crippen molar-refractivity contribution in [3.63, 3.8) is 0 Å². The third-order valence-electron chi connectivity index (χ3n) is 4.27. The zero-order valence-electron chi connectivity index (χ0n) is 15.5. The second-order valence-corrected chi connectivity index (χ2v) is 10.5. The average molecular weight is 390 g/mol. The van der Waals surface area contributed by atoms with Gasteiger partial charge in [-0.15, -0.1) is 0 Å². The first-order valence-electron chi connectivity index (χ1n) is 8.60. The van der Waals surface area contributed by atoms with Crippen molar-refractivity contribution in [1.82, 2.24) is 9.34 Å². The molecule has 0 fully saturated rings. The molecule has 0 saturated heterocycles. The maximum atomic E-state index is 6.20. The summed E-state index contributed by atoms with van der Waals surface area (Å²) in [5.41, 5.74) is 2.35. The van der Waals surface area contributed by atoms with Crippen LogP contribution in [0.15, 0.2) is 48.5 Å². The van der Waals surface area contributed by atoms with Crippen LogP contribution in [0.25, 0.3) is 0 Å². The molecule has 2 aromatic carbocycles. The van der Waals surface area contributed by atoms with Gasteiger partial charge in [-0.1, -0.05) is 24.3 Å². The summed E-state index contributed by atoms with van der Waals surface area (Å²) in [7, 11) is 6.66. The van der Waals surface area contributed by atoms with E-state index in [-0.39, 0.29) is 0 Å². The second-order valence-electron chi connectivity index (χ2n) is 6.56. The molecule has 0 saturated carbocycles.